The Morgan fingerprint density at radius 3 is 2.88 bits per heavy atom. The minimum atomic E-state index is -0.523. The molecular formula is C10H16N4O2. The van der Waals surface area contributed by atoms with Gasteiger partial charge in [-0.15, -0.1) is 5.10 Å². The SMILES string of the molecule is CC(O)CCn1nnc(C(N)=O)c1C1CC1. The number of hydrogen-bond acceptors (Lipinski definition) is 4. The minimum absolute atomic E-state index is 0.285. The lowest BCUT2D eigenvalue weighted by Crippen LogP contribution is -2.16. The Balaban J connectivity index is 2.20. The van der Waals surface area contributed by atoms with Gasteiger partial charge < -0.3 is 10.8 Å². The molecule has 0 aliphatic heterocycles. The highest BCUT2D eigenvalue weighted by atomic mass is 16.3. The number of hydrogen-bond donors (Lipinski definition) is 2. The number of carbonyl (C=O) groups excluding carboxylic acids is 1. The highest BCUT2D eigenvalue weighted by Gasteiger charge is 2.32. The molecule has 1 atom stereocenters. The number of aryl methyl sites for hydroxylation is 1. The lowest BCUT2D eigenvalue weighted by atomic mass is 10.2. The molecule has 16 heavy (non-hydrogen) atoms. The van der Waals surface area contributed by atoms with Crippen LogP contribution in [0, 0.1) is 0 Å². The molecule has 0 radical (unpaired) electrons. The Morgan fingerprint density at radius 2 is 2.38 bits per heavy atom. The van der Waals surface area contributed by atoms with Gasteiger partial charge in [-0.2, -0.15) is 0 Å². The second kappa shape index (κ2) is 4.21. The summed E-state index contributed by atoms with van der Waals surface area (Å²) < 4.78 is 1.70. The van der Waals surface area contributed by atoms with Crippen molar-refractivity contribution >= 4 is 5.91 Å². The summed E-state index contributed by atoms with van der Waals surface area (Å²) >= 11 is 0. The van der Waals surface area contributed by atoms with Crippen molar-refractivity contribution in [1.82, 2.24) is 15.0 Å². The summed E-state index contributed by atoms with van der Waals surface area (Å²) in [5.74, 6) is -0.156. The molecule has 1 aromatic heterocycles. The highest BCUT2D eigenvalue weighted by molar-refractivity contribution is 5.92. The molecule has 1 saturated carbocycles. The van der Waals surface area contributed by atoms with Crippen LogP contribution in [0.2, 0.25) is 0 Å². The van der Waals surface area contributed by atoms with E-state index in [9.17, 15) is 9.90 Å². The number of nitrogens with zero attached hydrogens (tertiary/aromatic N) is 3. The number of amides is 1. The van der Waals surface area contributed by atoms with Crippen molar-refractivity contribution in [3.8, 4) is 0 Å². The van der Waals surface area contributed by atoms with Gasteiger partial charge in [0.05, 0.1) is 11.8 Å². The summed E-state index contributed by atoms with van der Waals surface area (Å²) in [5, 5.41) is 17.0. The van der Waals surface area contributed by atoms with E-state index in [0.29, 0.717) is 18.9 Å². The van der Waals surface area contributed by atoms with Crippen molar-refractivity contribution in [2.45, 2.75) is 44.8 Å². The van der Waals surface area contributed by atoms with E-state index in [0.717, 1.165) is 18.5 Å². The quantitative estimate of drug-likeness (QED) is 0.737. The lowest BCUT2D eigenvalue weighted by molar-refractivity contribution is 0.0994. The third-order valence-corrected chi connectivity index (χ3v) is 2.73. The summed E-state index contributed by atoms with van der Waals surface area (Å²) in [4.78, 5) is 11.2. The molecule has 6 nitrogen and oxygen atoms in total. The molecule has 1 aliphatic rings. The molecule has 1 amide bonds. The van der Waals surface area contributed by atoms with E-state index in [1.165, 1.54) is 0 Å². The Labute approximate surface area is 93.4 Å². The van der Waals surface area contributed by atoms with Gasteiger partial charge in [0.1, 0.15) is 0 Å². The normalized spacial score (nSPS) is 17.4. The van der Waals surface area contributed by atoms with E-state index in [1.807, 2.05) is 0 Å². The van der Waals surface area contributed by atoms with Crippen LogP contribution in [0.3, 0.4) is 0 Å². The minimum Gasteiger partial charge on any atom is -0.393 e. The van der Waals surface area contributed by atoms with Crippen LogP contribution in [0.25, 0.3) is 0 Å². The number of nitrogens with two attached hydrogens (primary N) is 1. The van der Waals surface area contributed by atoms with Crippen LogP contribution in [0.1, 0.15) is 48.3 Å². The molecular weight excluding hydrogens is 208 g/mol. The fourth-order valence-corrected chi connectivity index (χ4v) is 1.73. The summed E-state index contributed by atoms with van der Waals surface area (Å²) in [6, 6.07) is 0. The second-order valence-corrected chi connectivity index (χ2v) is 4.32. The van der Waals surface area contributed by atoms with Crippen LogP contribution in [0.5, 0.6) is 0 Å². The molecule has 0 aromatic carbocycles. The van der Waals surface area contributed by atoms with E-state index >= 15 is 0 Å². The van der Waals surface area contributed by atoms with Crippen molar-refractivity contribution < 1.29 is 9.90 Å². The Hall–Kier alpha value is -1.43. The zero-order chi connectivity index (χ0) is 11.7. The van der Waals surface area contributed by atoms with E-state index in [4.69, 9.17) is 5.73 Å². The molecule has 1 fully saturated rings. The Kier molecular flexibility index (Phi) is 2.91. The van der Waals surface area contributed by atoms with Gasteiger partial charge in [0, 0.05) is 12.5 Å². The van der Waals surface area contributed by atoms with Crippen LogP contribution in [-0.4, -0.2) is 32.1 Å². The van der Waals surface area contributed by atoms with Crippen LogP contribution in [0.15, 0.2) is 0 Å². The third kappa shape index (κ3) is 2.21. The molecule has 0 saturated heterocycles. The average Bonchev–Trinajstić information content (AvgIpc) is 2.95. The van der Waals surface area contributed by atoms with Crippen LogP contribution in [-0.2, 0) is 6.54 Å². The summed E-state index contributed by atoms with van der Waals surface area (Å²) in [6.45, 7) is 2.30. The lowest BCUT2D eigenvalue weighted by Gasteiger charge is -2.07. The predicted molar refractivity (Wildman–Crippen MR) is 56.8 cm³/mol. The van der Waals surface area contributed by atoms with Crippen molar-refractivity contribution in [3.63, 3.8) is 0 Å². The van der Waals surface area contributed by atoms with E-state index < -0.39 is 5.91 Å². The number of primary amides is 1. The maximum atomic E-state index is 11.2. The molecule has 1 heterocycles. The molecule has 1 unspecified atom stereocenters. The van der Waals surface area contributed by atoms with Crippen LogP contribution < -0.4 is 5.73 Å². The van der Waals surface area contributed by atoms with E-state index in [1.54, 1.807) is 11.6 Å². The predicted octanol–water partition coefficient (Wildman–Crippen LogP) is 0.0253. The molecule has 2 rings (SSSR count). The van der Waals surface area contributed by atoms with Crippen molar-refractivity contribution in [2.24, 2.45) is 5.73 Å². The number of aromatic nitrogens is 3. The first-order valence-corrected chi connectivity index (χ1v) is 5.51. The summed E-state index contributed by atoms with van der Waals surface area (Å²) in [5.41, 5.74) is 6.37. The Morgan fingerprint density at radius 1 is 1.69 bits per heavy atom. The maximum Gasteiger partial charge on any atom is 0.271 e. The van der Waals surface area contributed by atoms with Gasteiger partial charge in [0.15, 0.2) is 5.69 Å². The molecule has 3 N–H and O–H groups in total. The van der Waals surface area contributed by atoms with Crippen LogP contribution >= 0.6 is 0 Å². The molecule has 1 aromatic rings. The first-order valence-electron chi connectivity index (χ1n) is 5.51. The molecule has 1 aliphatic carbocycles. The topological polar surface area (TPSA) is 94.0 Å². The Bertz CT molecular complexity index is 396. The largest absolute Gasteiger partial charge is 0.393 e. The molecule has 0 bridgehead atoms. The average molecular weight is 224 g/mol. The van der Waals surface area contributed by atoms with Gasteiger partial charge in [-0.05, 0) is 26.2 Å². The van der Waals surface area contributed by atoms with E-state index in [2.05, 4.69) is 10.3 Å². The number of carbonyl (C=O) groups is 1. The monoisotopic (exact) mass is 224 g/mol. The van der Waals surface area contributed by atoms with Gasteiger partial charge in [0.25, 0.3) is 5.91 Å². The van der Waals surface area contributed by atoms with Gasteiger partial charge in [-0.25, -0.2) is 4.68 Å². The second-order valence-electron chi connectivity index (χ2n) is 4.32. The fraction of sp³-hybridized carbons (Fsp3) is 0.700. The first-order chi connectivity index (χ1) is 7.59. The van der Waals surface area contributed by atoms with Gasteiger partial charge in [-0.1, -0.05) is 5.21 Å². The maximum absolute atomic E-state index is 11.2. The molecule has 88 valence electrons. The smallest absolute Gasteiger partial charge is 0.271 e. The summed E-state index contributed by atoms with van der Waals surface area (Å²) in [6.07, 6.45) is 2.33. The van der Waals surface area contributed by atoms with Gasteiger partial charge in [-0.3, -0.25) is 4.79 Å². The number of rotatable bonds is 5. The molecule has 6 heteroatoms. The zero-order valence-electron chi connectivity index (χ0n) is 9.26. The van der Waals surface area contributed by atoms with Gasteiger partial charge in [0.2, 0.25) is 0 Å². The van der Waals surface area contributed by atoms with Crippen molar-refractivity contribution in [3.05, 3.63) is 11.4 Å². The highest BCUT2D eigenvalue weighted by Crippen LogP contribution is 2.41. The number of aliphatic hydroxyl groups excluding tert-OH is 1. The number of aliphatic hydroxyl groups is 1. The zero-order valence-corrected chi connectivity index (χ0v) is 9.26. The van der Waals surface area contributed by atoms with E-state index in [-0.39, 0.29) is 11.8 Å². The first kappa shape index (κ1) is 11.1. The standard InChI is InChI=1S/C10H16N4O2/c1-6(15)4-5-14-9(7-2-3-7)8(10(11)16)12-13-14/h6-7,15H,2-5H2,1H3,(H2,11,16). The van der Waals surface area contributed by atoms with Crippen LogP contribution in [0.4, 0.5) is 0 Å². The molecule has 0 spiro atoms. The van der Waals surface area contributed by atoms with Crippen molar-refractivity contribution in [2.75, 3.05) is 0 Å². The van der Waals surface area contributed by atoms with Crippen molar-refractivity contribution in [1.29, 1.82) is 0 Å². The fourth-order valence-electron chi connectivity index (χ4n) is 1.73. The van der Waals surface area contributed by atoms with Gasteiger partial charge >= 0.3 is 0 Å². The summed E-state index contributed by atoms with van der Waals surface area (Å²) in [7, 11) is 0. The third-order valence-electron chi connectivity index (χ3n) is 2.73.